The normalized spacial score (nSPS) is 9.56. The molecule has 0 aliphatic carbocycles. The molecule has 0 aliphatic heterocycles. The first kappa shape index (κ1) is 9.47. The number of halogens is 1. The van der Waals surface area contributed by atoms with Crippen molar-refractivity contribution >= 4 is 22.6 Å². The molecule has 0 atom stereocenters. The standard InChI is InChI=1S/C8H15I/c1-3-4-5-6-7-8(2)9/h2-7H2,1H3. The van der Waals surface area contributed by atoms with Crippen LogP contribution in [-0.4, -0.2) is 0 Å². The van der Waals surface area contributed by atoms with Crippen molar-refractivity contribution < 1.29 is 0 Å². The van der Waals surface area contributed by atoms with E-state index in [0.29, 0.717) is 0 Å². The minimum atomic E-state index is 1.21. The van der Waals surface area contributed by atoms with Gasteiger partial charge < -0.3 is 0 Å². The Morgan fingerprint density at radius 1 is 1.33 bits per heavy atom. The van der Waals surface area contributed by atoms with Gasteiger partial charge in [-0.2, -0.15) is 0 Å². The summed E-state index contributed by atoms with van der Waals surface area (Å²) < 4.78 is 1.30. The summed E-state index contributed by atoms with van der Waals surface area (Å²) in [5, 5.41) is 0. The van der Waals surface area contributed by atoms with Gasteiger partial charge in [0, 0.05) is 0 Å². The molecule has 0 nitrogen and oxygen atoms in total. The molecule has 0 saturated heterocycles. The molecule has 0 N–H and O–H groups in total. The molecule has 0 aromatic heterocycles. The first-order valence-corrected chi connectivity index (χ1v) is 4.68. The average molecular weight is 238 g/mol. The summed E-state index contributed by atoms with van der Waals surface area (Å²) in [6.07, 6.45) is 6.62. The molecule has 0 fully saturated rings. The zero-order chi connectivity index (χ0) is 7.11. The molecule has 0 amide bonds. The summed E-state index contributed by atoms with van der Waals surface area (Å²) >= 11 is 2.30. The lowest BCUT2D eigenvalue weighted by Crippen LogP contribution is -1.74. The van der Waals surface area contributed by atoms with Gasteiger partial charge in [0.15, 0.2) is 0 Å². The van der Waals surface area contributed by atoms with Crippen molar-refractivity contribution in [3.05, 3.63) is 10.2 Å². The third-order valence-corrected chi connectivity index (χ3v) is 1.84. The third kappa shape index (κ3) is 8.47. The third-order valence-electron chi connectivity index (χ3n) is 1.30. The van der Waals surface area contributed by atoms with E-state index in [1.165, 1.54) is 35.7 Å². The van der Waals surface area contributed by atoms with Gasteiger partial charge in [-0.1, -0.05) is 32.8 Å². The molecule has 0 unspecified atom stereocenters. The van der Waals surface area contributed by atoms with Crippen LogP contribution in [0.25, 0.3) is 0 Å². The van der Waals surface area contributed by atoms with Crippen molar-refractivity contribution in [2.45, 2.75) is 39.0 Å². The minimum absolute atomic E-state index is 1.21. The molecular weight excluding hydrogens is 223 g/mol. The van der Waals surface area contributed by atoms with Gasteiger partial charge in [0.1, 0.15) is 0 Å². The summed E-state index contributed by atoms with van der Waals surface area (Å²) in [5.41, 5.74) is 0. The van der Waals surface area contributed by atoms with E-state index in [9.17, 15) is 0 Å². The highest BCUT2D eigenvalue weighted by molar-refractivity contribution is 14.1. The van der Waals surface area contributed by atoms with E-state index in [4.69, 9.17) is 0 Å². The van der Waals surface area contributed by atoms with Gasteiger partial charge in [-0.05, 0) is 39.0 Å². The first-order valence-electron chi connectivity index (χ1n) is 3.60. The Bertz CT molecular complexity index is 76.6. The fourth-order valence-corrected chi connectivity index (χ4v) is 1.12. The highest BCUT2D eigenvalue weighted by Gasteiger charge is 1.87. The maximum absolute atomic E-state index is 3.84. The van der Waals surface area contributed by atoms with E-state index in [1.807, 2.05) is 0 Å². The van der Waals surface area contributed by atoms with Crippen LogP contribution in [0.4, 0.5) is 0 Å². The Morgan fingerprint density at radius 2 is 2.00 bits per heavy atom. The van der Waals surface area contributed by atoms with Gasteiger partial charge in [0.2, 0.25) is 0 Å². The Morgan fingerprint density at radius 3 is 2.44 bits per heavy atom. The van der Waals surface area contributed by atoms with E-state index in [1.54, 1.807) is 0 Å². The highest BCUT2D eigenvalue weighted by Crippen LogP contribution is 2.13. The van der Waals surface area contributed by atoms with Gasteiger partial charge in [-0.15, -0.1) is 0 Å². The number of hydrogen-bond acceptors (Lipinski definition) is 0. The molecule has 0 aromatic carbocycles. The second-order valence-corrected chi connectivity index (χ2v) is 3.85. The van der Waals surface area contributed by atoms with Gasteiger partial charge >= 0.3 is 0 Å². The number of rotatable bonds is 5. The van der Waals surface area contributed by atoms with Crippen LogP contribution in [0.3, 0.4) is 0 Å². The molecule has 0 aromatic rings. The maximum Gasteiger partial charge on any atom is -0.0166 e. The van der Waals surface area contributed by atoms with Crippen LogP contribution in [0.5, 0.6) is 0 Å². The molecule has 1 heteroatoms. The van der Waals surface area contributed by atoms with E-state index < -0.39 is 0 Å². The van der Waals surface area contributed by atoms with Crippen LogP contribution in [0.15, 0.2) is 10.2 Å². The number of unbranched alkanes of at least 4 members (excludes halogenated alkanes) is 3. The Balaban J connectivity index is 2.83. The van der Waals surface area contributed by atoms with E-state index in [-0.39, 0.29) is 0 Å². The Labute approximate surface area is 71.9 Å². The molecular formula is C8H15I. The summed E-state index contributed by atoms with van der Waals surface area (Å²) in [5.74, 6) is 0. The van der Waals surface area contributed by atoms with Crippen molar-refractivity contribution in [1.29, 1.82) is 0 Å². The topological polar surface area (TPSA) is 0 Å². The predicted molar refractivity (Wildman–Crippen MR) is 51.9 cm³/mol. The van der Waals surface area contributed by atoms with Crippen molar-refractivity contribution in [3.8, 4) is 0 Å². The second kappa shape index (κ2) is 6.59. The molecule has 54 valence electrons. The molecule has 0 heterocycles. The number of allylic oxidation sites excluding steroid dienone is 1. The molecule has 0 radical (unpaired) electrons. The molecule has 0 rings (SSSR count). The van der Waals surface area contributed by atoms with Gasteiger partial charge in [0.05, 0.1) is 0 Å². The fraction of sp³-hybridized carbons (Fsp3) is 0.750. The van der Waals surface area contributed by atoms with Crippen molar-refractivity contribution in [2.75, 3.05) is 0 Å². The lowest BCUT2D eigenvalue weighted by atomic mass is 10.2. The van der Waals surface area contributed by atoms with E-state index in [0.717, 1.165) is 0 Å². The lowest BCUT2D eigenvalue weighted by molar-refractivity contribution is 0.674. The van der Waals surface area contributed by atoms with Crippen LogP contribution >= 0.6 is 22.6 Å². The molecule has 0 saturated carbocycles. The molecule has 9 heavy (non-hydrogen) atoms. The SMILES string of the molecule is C=C(I)CCCCCC. The van der Waals surface area contributed by atoms with Crippen molar-refractivity contribution in [2.24, 2.45) is 0 Å². The highest BCUT2D eigenvalue weighted by atomic mass is 127. The lowest BCUT2D eigenvalue weighted by Gasteiger charge is -1.95. The van der Waals surface area contributed by atoms with Crippen LogP contribution in [0.1, 0.15) is 39.0 Å². The maximum atomic E-state index is 3.84. The van der Waals surface area contributed by atoms with Gasteiger partial charge in [0.25, 0.3) is 0 Å². The van der Waals surface area contributed by atoms with Crippen molar-refractivity contribution in [1.82, 2.24) is 0 Å². The van der Waals surface area contributed by atoms with Crippen LogP contribution in [0, 0.1) is 0 Å². The largest absolute Gasteiger partial charge is 0.0897 e. The van der Waals surface area contributed by atoms with E-state index >= 15 is 0 Å². The Hall–Kier alpha value is 0.470. The van der Waals surface area contributed by atoms with Crippen LogP contribution in [0.2, 0.25) is 0 Å². The fourth-order valence-electron chi connectivity index (χ4n) is 0.744. The molecule has 0 spiro atoms. The summed E-state index contributed by atoms with van der Waals surface area (Å²) in [7, 11) is 0. The Kier molecular flexibility index (Phi) is 6.93. The first-order chi connectivity index (χ1) is 4.27. The predicted octanol–water partition coefficient (Wildman–Crippen LogP) is 3.91. The number of hydrogen-bond donors (Lipinski definition) is 0. The second-order valence-electron chi connectivity index (χ2n) is 2.33. The zero-order valence-electron chi connectivity index (χ0n) is 6.12. The summed E-state index contributed by atoms with van der Waals surface area (Å²) in [4.78, 5) is 0. The molecule has 0 bridgehead atoms. The van der Waals surface area contributed by atoms with Crippen LogP contribution in [-0.2, 0) is 0 Å². The van der Waals surface area contributed by atoms with Crippen LogP contribution < -0.4 is 0 Å². The zero-order valence-corrected chi connectivity index (χ0v) is 8.28. The summed E-state index contributed by atoms with van der Waals surface area (Å²) in [6.45, 7) is 6.07. The quantitative estimate of drug-likeness (QED) is 0.503. The van der Waals surface area contributed by atoms with Crippen molar-refractivity contribution in [3.63, 3.8) is 0 Å². The monoisotopic (exact) mass is 238 g/mol. The van der Waals surface area contributed by atoms with Gasteiger partial charge in [-0.25, -0.2) is 0 Å². The minimum Gasteiger partial charge on any atom is -0.0897 e. The van der Waals surface area contributed by atoms with E-state index in [2.05, 4.69) is 36.1 Å². The molecule has 0 aliphatic rings. The summed E-state index contributed by atoms with van der Waals surface area (Å²) in [6, 6.07) is 0. The smallest absolute Gasteiger partial charge is 0.0166 e. The van der Waals surface area contributed by atoms with Gasteiger partial charge in [-0.3, -0.25) is 0 Å². The average Bonchev–Trinajstić information content (AvgIpc) is 1.80.